The lowest BCUT2D eigenvalue weighted by atomic mass is 10.1. The largest absolute Gasteiger partial charge is 0.386 e. The van der Waals surface area contributed by atoms with E-state index in [1.807, 2.05) is 0 Å². The third kappa shape index (κ3) is 2.79. The van der Waals surface area contributed by atoms with E-state index in [2.05, 4.69) is 5.32 Å². The monoisotopic (exact) mass is 304 g/mol. The Kier molecular flexibility index (Phi) is 4.92. The fourth-order valence-electron chi connectivity index (χ4n) is 2.55. The van der Waals surface area contributed by atoms with Gasteiger partial charge in [-0.25, -0.2) is 0 Å². The van der Waals surface area contributed by atoms with E-state index in [4.69, 9.17) is 26.4 Å². The van der Waals surface area contributed by atoms with Crippen LogP contribution in [0.1, 0.15) is 6.92 Å². The molecule has 0 spiro atoms. The predicted molar refractivity (Wildman–Crippen MR) is 74.0 cm³/mol. The SMILES string of the molecule is COC[C@H]1O[C@@H](N2CC(C)C(=O)NC2=S)[C@@H](O)C1OC. The van der Waals surface area contributed by atoms with Crippen molar-refractivity contribution < 1.29 is 24.1 Å². The van der Waals surface area contributed by atoms with Crippen molar-refractivity contribution in [3.63, 3.8) is 0 Å². The van der Waals surface area contributed by atoms with Crippen molar-refractivity contribution in [2.75, 3.05) is 27.4 Å². The van der Waals surface area contributed by atoms with Gasteiger partial charge in [-0.15, -0.1) is 0 Å². The third-order valence-electron chi connectivity index (χ3n) is 3.63. The summed E-state index contributed by atoms with van der Waals surface area (Å²) in [5.41, 5.74) is 0. The van der Waals surface area contributed by atoms with E-state index < -0.39 is 18.4 Å². The van der Waals surface area contributed by atoms with Crippen LogP contribution >= 0.6 is 12.2 Å². The van der Waals surface area contributed by atoms with Crippen LogP contribution in [0, 0.1) is 5.92 Å². The molecule has 2 aliphatic heterocycles. The summed E-state index contributed by atoms with van der Waals surface area (Å²) in [6.45, 7) is 2.52. The van der Waals surface area contributed by atoms with E-state index >= 15 is 0 Å². The molecule has 2 fully saturated rings. The minimum Gasteiger partial charge on any atom is -0.386 e. The Hall–Kier alpha value is -0.800. The van der Waals surface area contributed by atoms with Crippen molar-refractivity contribution in [1.29, 1.82) is 0 Å². The van der Waals surface area contributed by atoms with Gasteiger partial charge < -0.3 is 29.5 Å². The molecule has 2 heterocycles. The molecular formula is C12H20N2O5S. The predicted octanol–water partition coefficient (Wildman–Crippen LogP) is -0.914. The number of aliphatic hydroxyl groups excluding tert-OH is 1. The summed E-state index contributed by atoms with van der Waals surface area (Å²) in [5, 5.41) is 13.2. The van der Waals surface area contributed by atoms with Gasteiger partial charge in [0, 0.05) is 20.8 Å². The van der Waals surface area contributed by atoms with Crippen LogP contribution in [0.3, 0.4) is 0 Å². The molecule has 8 heteroatoms. The van der Waals surface area contributed by atoms with Crippen LogP contribution in [-0.2, 0) is 19.0 Å². The van der Waals surface area contributed by atoms with E-state index in [0.717, 1.165) is 0 Å². The number of nitrogens with zero attached hydrogens (tertiary/aromatic N) is 1. The second-order valence-corrected chi connectivity index (χ2v) is 5.45. The highest BCUT2D eigenvalue weighted by atomic mass is 32.1. The second kappa shape index (κ2) is 6.31. The number of hydrogen-bond donors (Lipinski definition) is 2. The second-order valence-electron chi connectivity index (χ2n) is 5.06. The van der Waals surface area contributed by atoms with Crippen molar-refractivity contribution in [1.82, 2.24) is 10.2 Å². The van der Waals surface area contributed by atoms with E-state index in [0.29, 0.717) is 13.2 Å². The fourth-order valence-corrected chi connectivity index (χ4v) is 2.83. The molecule has 0 saturated carbocycles. The van der Waals surface area contributed by atoms with Crippen molar-refractivity contribution >= 4 is 23.2 Å². The third-order valence-corrected chi connectivity index (χ3v) is 3.97. The summed E-state index contributed by atoms with van der Waals surface area (Å²) in [5.74, 6) is -0.338. The molecule has 0 aromatic carbocycles. The van der Waals surface area contributed by atoms with Crippen LogP contribution < -0.4 is 5.32 Å². The first kappa shape index (κ1) is 15.6. The van der Waals surface area contributed by atoms with Gasteiger partial charge >= 0.3 is 0 Å². The fraction of sp³-hybridized carbons (Fsp3) is 0.833. The number of carbonyl (C=O) groups excluding carboxylic acids is 1. The zero-order valence-corrected chi connectivity index (χ0v) is 12.6. The van der Waals surface area contributed by atoms with Gasteiger partial charge in [0.05, 0.1) is 12.5 Å². The average Bonchev–Trinajstić information content (AvgIpc) is 2.71. The molecule has 0 aromatic heterocycles. The van der Waals surface area contributed by atoms with Crippen LogP contribution in [-0.4, -0.2) is 72.9 Å². The van der Waals surface area contributed by atoms with Crippen LogP contribution in [0.5, 0.6) is 0 Å². The number of nitrogens with one attached hydrogen (secondary N) is 1. The summed E-state index contributed by atoms with van der Waals surface area (Å²) < 4.78 is 16.1. The minimum absolute atomic E-state index is 0.115. The van der Waals surface area contributed by atoms with E-state index in [1.165, 1.54) is 7.11 Å². The summed E-state index contributed by atoms with van der Waals surface area (Å²) >= 11 is 5.16. The molecule has 2 N–H and O–H groups in total. The van der Waals surface area contributed by atoms with Crippen molar-refractivity contribution in [2.24, 2.45) is 5.92 Å². The molecule has 1 amide bonds. The highest BCUT2D eigenvalue weighted by Gasteiger charge is 2.48. The maximum Gasteiger partial charge on any atom is 0.230 e. The van der Waals surface area contributed by atoms with E-state index in [1.54, 1.807) is 18.9 Å². The number of hydrogen-bond acceptors (Lipinski definition) is 6. The van der Waals surface area contributed by atoms with E-state index in [9.17, 15) is 9.90 Å². The first-order valence-corrected chi connectivity index (χ1v) is 6.87. The van der Waals surface area contributed by atoms with Gasteiger partial charge in [-0.3, -0.25) is 4.79 Å². The highest BCUT2D eigenvalue weighted by Crippen LogP contribution is 2.28. The highest BCUT2D eigenvalue weighted by molar-refractivity contribution is 7.80. The van der Waals surface area contributed by atoms with Gasteiger partial charge in [-0.2, -0.15) is 0 Å². The number of methoxy groups -OCH3 is 2. The Morgan fingerprint density at radius 1 is 1.55 bits per heavy atom. The number of thiocarbonyl (C=S) groups is 1. The minimum atomic E-state index is -0.861. The zero-order chi connectivity index (χ0) is 14.9. The van der Waals surface area contributed by atoms with Crippen LogP contribution in [0.2, 0.25) is 0 Å². The number of amides is 1. The van der Waals surface area contributed by atoms with Crippen LogP contribution in [0.15, 0.2) is 0 Å². The Morgan fingerprint density at radius 3 is 2.85 bits per heavy atom. The molecule has 20 heavy (non-hydrogen) atoms. The molecule has 2 rings (SSSR count). The summed E-state index contributed by atoms with van der Waals surface area (Å²) in [7, 11) is 3.07. The van der Waals surface area contributed by atoms with Gasteiger partial charge in [-0.05, 0) is 12.2 Å². The maximum absolute atomic E-state index is 11.6. The maximum atomic E-state index is 11.6. The summed E-state index contributed by atoms with van der Waals surface area (Å²) in [4.78, 5) is 13.2. The molecule has 2 saturated heterocycles. The number of rotatable bonds is 4. The Balaban J connectivity index is 2.12. The van der Waals surface area contributed by atoms with Crippen LogP contribution in [0.4, 0.5) is 0 Å². The lowest BCUT2D eigenvalue weighted by Crippen LogP contribution is -2.59. The van der Waals surface area contributed by atoms with Crippen LogP contribution in [0.25, 0.3) is 0 Å². The summed E-state index contributed by atoms with van der Waals surface area (Å²) in [6, 6.07) is 0. The number of aliphatic hydroxyl groups is 1. The summed E-state index contributed by atoms with van der Waals surface area (Å²) in [6.07, 6.45) is -2.37. The first-order valence-electron chi connectivity index (χ1n) is 6.46. The molecule has 0 aliphatic carbocycles. The molecule has 0 radical (unpaired) electrons. The Morgan fingerprint density at radius 2 is 2.25 bits per heavy atom. The molecule has 2 aliphatic rings. The molecule has 0 aromatic rings. The quantitative estimate of drug-likeness (QED) is 0.651. The number of carbonyl (C=O) groups is 1. The molecule has 7 nitrogen and oxygen atoms in total. The Labute approximate surface area is 123 Å². The zero-order valence-electron chi connectivity index (χ0n) is 11.7. The van der Waals surface area contributed by atoms with Crippen molar-refractivity contribution in [2.45, 2.75) is 31.5 Å². The van der Waals surface area contributed by atoms with Crippen molar-refractivity contribution in [3.05, 3.63) is 0 Å². The standard InChI is InChI=1S/C12H20N2O5S/c1-6-4-14(12(20)13-10(6)16)11-8(15)9(18-3)7(19-11)5-17-2/h6-9,11,15H,4-5H2,1-3H3,(H,13,16,20)/t6?,7-,8+,9?,11-/m1/s1. The van der Waals surface area contributed by atoms with Crippen molar-refractivity contribution in [3.8, 4) is 0 Å². The smallest absolute Gasteiger partial charge is 0.230 e. The molecular weight excluding hydrogens is 284 g/mol. The first-order chi connectivity index (χ1) is 9.49. The van der Waals surface area contributed by atoms with Gasteiger partial charge in [0.25, 0.3) is 0 Å². The van der Waals surface area contributed by atoms with Gasteiger partial charge in [0.2, 0.25) is 5.91 Å². The average molecular weight is 304 g/mol. The number of ether oxygens (including phenoxy) is 3. The van der Waals surface area contributed by atoms with E-state index in [-0.39, 0.29) is 23.0 Å². The normalized spacial score (nSPS) is 38.2. The van der Waals surface area contributed by atoms with Gasteiger partial charge in [0.15, 0.2) is 11.3 Å². The lowest BCUT2D eigenvalue weighted by Gasteiger charge is -2.37. The molecule has 0 bridgehead atoms. The van der Waals surface area contributed by atoms with Gasteiger partial charge in [-0.1, -0.05) is 6.92 Å². The Bertz CT molecular complexity index is 394. The topological polar surface area (TPSA) is 80.3 Å². The molecule has 114 valence electrons. The molecule has 2 unspecified atom stereocenters. The van der Waals surface area contributed by atoms with Gasteiger partial charge in [0.1, 0.15) is 18.3 Å². The lowest BCUT2D eigenvalue weighted by molar-refractivity contribution is -0.128. The molecule has 5 atom stereocenters.